The van der Waals surface area contributed by atoms with Crippen molar-refractivity contribution in [2.24, 2.45) is 0 Å². The maximum Gasteiger partial charge on any atom is 0.334 e. The van der Waals surface area contributed by atoms with E-state index in [-0.39, 0.29) is 6.61 Å². The minimum atomic E-state index is -1.66. The second-order valence-corrected chi connectivity index (χ2v) is 3.32. The average Bonchev–Trinajstić information content (AvgIpc) is 2.35. The molecule has 92 valence electrons. The third-order valence-electron chi connectivity index (χ3n) is 2.00. The summed E-state index contributed by atoms with van der Waals surface area (Å²) in [5.74, 6) is -1.40. The summed E-state index contributed by atoms with van der Waals surface area (Å²) in [5, 5.41) is 18.3. The fourth-order valence-electron chi connectivity index (χ4n) is 1.11. The van der Waals surface area contributed by atoms with Crippen molar-refractivity contribution in [3.63, 3.8) is 0 Å². The van der Waals surface area contributed by atoms with Crippen molar-refractivity contribution in [3.8, 4) is 0 Å². The van der Waals surface area contributed by atoms with E-state index in [0.717, 1.165) is 10.6 Å². The molecule has 0 saturated heterocycles. The lowest BCUT2D eigenvalue weighted by Crippen LogP contribution is -2.36. The van der Waals surface area contributed by atoms with E-state index >= 15 is 0 Å². The quantitative estimate of drug-likeness (QED) is 0.517. The lowest BCUT2D eigenvalue weighted by Gasteiger charge is -2.18. The minimum absolute atomic E-state index is 0.131. The summed E-state index contributed by atoms with van der Waals surface area (Å²) in [6, 6.07) is 9.08. The lowest BCUT2D eigenvalue weighted by molar-refractivity contribution is -0.188. The largest absolute Gasteiger partial charge is 0.479 e. The molecule has 0 aliphatic heterocycles. The van der Waals surface area contributed by atoms with E-state index in [9.17, 15) is 9.59 Å². The van der Waals surface area contributed by atoms with E-state index in [1.165, 1.54) is 0 Å². The average molecular weight is 239 g/mol. The zero-order valence-electron chi connectivity index (χ0n) is 9.02. The van der Waals surface area contributed by atoms with Gasteiger partial charge in [-0.1, -0.05) is 30.3 Å². The molecule has 0 bridgehead atoms. The molecule has 0 saturated carbocycles. The van der Waals surface area contributed by atoms with Crippen molar-refractivity contribution in [2.75, 3.05) is 6.54 Å². The number of carbonyl (C=O) groups is 2. The van der Waals surface area contributed by atoms with Gasteiger partial charge in [-0.25, -0.2) is 9.86 Å². The van der Waals surface area contributed by atoms with Gasteiger partial charge in [0.05, 0.1) is 6.54 Å². The van der Waals surface area contributed by atoms with Crippen LogP contribution in [0.5, 0.6) is 0 Å². The summed E-state index contributed by atoms with van der Waals surface area (Å²) >= 11 is 0. The Balaban J connectivity index is 2.42. The van der Waals surface area contributed by atoms with E-state index < -0.39 is 18.6 Å². The van der Waals surface area contributed by atoms with Gasteiger partial charge in [-0.15, -0.1) is 0 Å². The number of aliphatic hydroxyl groups is 1. The van der Waals surface area contributed by atoms with Gasteiger partial charge in [-0.3, -0.25) is 9.63 Å². The van der Waals surface area contributed by atoms with Gasteiger partial charge in [0, 0.05) is 0 Å². The Kier molecular flexibility index (Phi) is 5.12. The summed E-state index contributed by atoms with van der Waals surface area (Å²) in [6.07, 6.45) is -1.33. The zero-order chi connectivity index (χ0) is 12.7. The highest BCUT2D eigenvalue weighted by atomic mass is 16.7. The number of hydrogen-bond donors (Lipinski definition) is 2. The maximum absolute atomic E-state index is 10.6. The smallest absolute Gasteiger partial charge is 0.334 e. The topological polar surface area (TPSA) is 87.1 Å². The van der Waals surface area contributed by atoms with Gasteiger partial charge >= 0.3 is 5.97 Å². The number of amides is 1. The number of rotatable bonds is 7. The van der Waals surface area contributed by atoms with Gasteiger partial charge in [0.25, 0.3) is 0 Å². The summed E-state index contributed by atoms with van der Waals surface area (Å²) in [6.45, 7) is -0.280. The highest BCUT2D eigenvalue weighted by Crippen LogP contribution is 2.02. The molecule has 1 atom stereocenters. The summed E-state index contributed by atoms with van der Waals surface area (Å²) in [7, 11) is 0. The van der Waals surface area contributed by atoms with Crippen LogP contribution >= 0.6 is 0 Å². The van der Waals surface area contributed by atoms with E-state index in [1.54, 1.807) is 12.1 Å². The zero-order valence-corrected chi connectivity index (χ0v) is 9.02. The first-order valence-corrected chi connectivity index (χ1v) is 4.93. The molecular weight excluding hydrogens is 226 g/mol. The molecule has 0 fully saturated rings. The minimum Gasteiger partial charge on any atom is -0.479 e. The monoisotopic (exact) mass is 239 g/mol. The molecule has 0 aromatic heterocycles. The SMILES string of the molecule is O=CN(CC(O)C(=O)O)OCc1ccccc1. The molecule has 17 heavy (non-hydrogen) atoms. The molecule has 2 N–H and O–H groups in total. The molecule has 0 spiro atoms. The van der Waals surface area contributed by atoms with Crippen molar-refractivity contribution in [1.82, 2.24) is 5.06 Å². The first kappa shape index (κ1) is 13.1. The van der Waals surface area contributed by atoms with Crippen LogP contribution in [0.2, 0.25) is 0 Å². The van der Waals surface area contributed by atoms with Crippen LogP contribution in [0.25, 0.3) is 0 Å². The summed E-state index contributed by atoms with van der Waals surface area (Å²) in [5.41, 5.74) is 0.837. The standard InChI is InChI=1S/C11H13NO5/c13-8-12(6-10(14)11(15)16)17-7-9-4-2-1-3-5-9/h1-5,8,10,14H,6-7H2,(H,15,16). The molecule has 0 aliphatic carbocycles. The Labute approximate surface area is 98.0 Å². The fraction of sp³-hybridized carbons (Fsp3) is 0.273. The van der Waals surface area contributed by atoms with Crippen LogP contribution in [-0.2, 0) is 21.0 Å². The predicted octanol–water partition coefficient (Wildman–Crippen LogP) is 0.0221. The Morgan fingerprint density at radius 1 is 1.41 bits per heavy atom. The molecule has 0 aliphatic rings. The number of carbonyl (C=O) groups excluding carboxylic acids is 1. The normalized spacial score (nSPS) is 11.8. The van der Waals surface area contributed by atoms with Crippen LogP contribution in [0.1, 0.15) is 5.56 Å². The molecule has 0 heterocycles. The molecule has 1 amide bonds. The number of carboxylic acids is 1. The maximum atomic E-state index is 10.6. The van der Waals surface area contributed by atoms with Crippen LogP contribution < -0.4 is 0 Å². The number of carboxylic acid groups (broad SMARTS) is 1. The second kappa shape index (κ2) is 6.62. The Hall–Kier alpha value is -1.92. The van der Waals surface area contributed by atoms with Gasteiger partial charge in [0.15, 0.2) is 6.10 Å². The number of hydroxylamine groups is 2. The fourth-order valence-corrected chi connectivity index (χ4v) is 1.11. The lowest BCUT2D eigenvalue weighted by atomic mass is 10.2. The van der Waals surface area contributed by atoms with Gasteiger partial charge < -0.3 is 10.2 Å². The van der Waals surface area contributed by atoms with Crippen molar-refractivity contribution in [3.05, 3.63) is 35.9 Å². The highest BCUT2D eigenvalue weighted by molar-refractivity contribution is 5.72. The third kappa shape index (κ3) is 4.62. The van der Waals surface area contributed by atoms with Crippen LogP contribution in [0.4, 0.5) is 0 Å². The molecule has 1 aromatic rings. The number of aliphatic carboxylic acids is 1. The predicted molar refractivity (Wildman–Crippen MR) is 57.6 cm³/mol. The Morgan fingerprint density at radius 2 is 2.06 bits per heavy atom. The summed E-state index contributed by atoms with van der Waals surface area (Å²) in [4.78, 5) is 26.0. The first-order valence-electron chi connectivity index (χ1n) is 4.93. The highest BCUT2D eigenvalue weighted by Gasteiger charge is 2.17. The first-order chi connectivity index (χ1) is 8.13. The van der Waals surface area contributed by atoms with Crippen LogP contribution in [0, 0.1) is 0 Å². The van der Waals surface area contributed by atoms with Crippen molar-refractivity contribution >= 4 is 12.4 Å². The van der Waals surface area contributed by atoms with Crippen molar-refractivity contribution in [2.45, 2.75) is 12.7 Å². The second-order valence-electron chi connectivity index (χ2n) is 3.32. The molecule has 1 unspecified atom stereocenters. The number of aliphatic hydroxyl groups excluding tert-OH is 1. The Morgan fingerprint density at radius 3 is 2.59 bits per heavy atom. The molecule has 6 nitrogen and oxygen atoms in total. The molecule has 1 aromatic carbocycles. The molecular formula is C11H13NO5. The molecule has 6 heteroatoms. The number of benzene rings is 1. The van der Waals surface area contributed by atoms with Gasteiger partial charge in [-0.2, -0.15) is 0 Å². The number of nitrogens with zero attached hydrogens (tertiary/aromatic N) is 1. The van der Waals surface area contributed by atoms with E-state index in [0.29, 0.717) is 6.41 Å². The molecule has 1 rings (SSSR count). The van der Waals surface area contributed by atoms with Gasteiger partial charge in [-0.05, 0) is 5.56 Å². The van der Waals surface area contributed by atoms with Crippen molar-refractivity contribution < 1.29 is 24.6 Å². The van der Waals surface area contributed by atoms with Crippen LogP contribution in [-0.4, -0.2) is 40.3 Å². The van der Waals surface area contributed by atoms with Gasteiger partial charge in [0.1, 0.15) is 6.61 Å². The third-order valence-corrected chi connectivity index (χ3v) is 2.00. The van der Waals surface area contributed by atoms with Crippen LogP contribution in [0.3, 0.4) is 0 Å². The Bertz CT molecular complexity index is 367. The summed E-state index contributed by atoms with van der Waals surface area (Å²) < 4.78 is 0. The molecule has 0 radical (unpaired) electrons. The van der Waals surface area contributed by atoms with Crippen molar-refractivity contribution in [1.29, 1.82) is 0 Å². The van der Waals surface area contributed by atoms with E-state index in [4.69, 9.17) is 15.1 Å². The number of hydrogen-bond acceptors (Lipinski definition) is 4. The van der Waals surface area contributed by atoms with Crippen LogP contribution in [0.15, 0.2) is 30.3 Å². The van der Waals surface area contributed by atoms with E-state index in [2.05, 4.69) is 0 Å². The van der Waals surface area contributed by atoms with E-state index in [1.807, 2.05) is 18.2 Å². The van der Waals surface area contributed by atoms with Gasteiger partial charge in [0.2, 0.25) is 6.41 Å².